The molecule has 3 aromatic rings. The van der Waals surface area contributed by atoms with Gasteiger partial charge in [0.1, 0.15) is 0 Å². The van der Waals surface area contributed by atoms with E-state index < -0.39 is 0 Å². The van der Waals surface area contributed by atoms with Crippen molar-refractivity contribution in [3.05, 3.63) is 69.6 Å². The van der Waals surface area contributed by atoms with E-state index >= 15 is 0 Å². The van der Waals surface area contributed by atoms with Gasteiger partial charge in [-0.15, -0.1) is 0 Å². The van der Waals surface area contributed by atoms with Crippen molar-refractivity contribution in [2.75, 3.05) is 0 Å². The van der Waals surface area contributed by atoms with Crippen LogP contribution in [0.1, 0.15) is 16.7 Å². The van der Waals surface area contributed by atoms with Gasteiger partial charge in [0.15, 0.2) is 0 Å². The third-order valence-corrected chi connectivity index (χ3v) is 3.61. The minimum atomic E-state index is -0.0486. The number of aryl methyl sites for hydroxylation is 2. The molecule has 96 valence electrons. The van der Waals surface area contributed by atoms with Crippen molar-refractivity contribution >= 4 is 11.0 Å². The number of benzene rings is 2. The first-order valence-corrected chi connectivity index (χ1v) is 6.39. The number of hydrogen-bond acceptors (Lipinski definition) is 1. The topological polar surface area (TPSA) is 37.8 Å². The van der Waals surface area contributed by atoms with Crippen LogP contribution in [0, 0.1) is 13.8 Å². The number of nitrogens with one attached hydrogen (secondary N) is 1. The molecule has 0 aliphatic carbocycles. The van der Waals surface area contributed by atoms with Crippen LogP contribution in [0.3, 0.4) is 0 Å². The number of aromatic nitrogens is 2. The highest BCUT2D eigenvalue weighted by Crippen LogP contribution is 2.16. The SMILES string of the molecule is Cc1ccccc1Cn1c(=O)[nH]c2c(C)cccc21. The van der Waals surface area contributed by atoms with Crippen molar-refractivity contribution in [2.24, 2.45) is 0 Å². The summed E-state index contributed by atoms with van der Waals surface area (Å²) in [5.74, 6) is 0. The molecule has 2 aromatic carbocycles. The predicted octanol–water partition coefficient (Wildman–Crippen LogP) is 2.99. The Kier molecular flexibility index (Phi) is 2.75. The molecule has 19 heavy (non-hydrogen) atoms. The Morgan fingerprint density at radius 2 is 1.74 bits per heavy atom. The zero-order chi connectivity index (χ0) is 13.4. The number of imidazole rings is 1. The van der Waals surface area contributed by atoms with Crippen molar-refractivity contribution in [3.8, 4) is 0 Å². The quantitative estimate of drug-likeness (QED) is 0.748. The average molecular weight is 252 g/mol. The van der Waals surface area contributed by atoms with Crippen LogP contribution in [-0.4, -0.2) is 9.55 Å². The largest absolute Gasteiger partial charge is 0.326 e. The van der Waals surface area contributed by atoms with Gasteiger partial charge in [-0.3, -0.25) is 4.57 Å². The van der Waals surface area contributed by atoms with E-state index in [9.17, 15) is 4.79 Å². The molecule has 0 aliphatic heterocycles. The Bertz CT molecular complexity index is 796. The second-order valence-corrected chi connectivity index (χ2v) is 4.91. The third kappa shape index (κ3) is 1.97. The van der Waals surface area contributed by atoms with Gasteiger partial charge in [-0.2, -0.15) is 0 Å². The highest BCUT2D eigenvalue weighted by molar-refractivity contribution is 5.78. The van der Waals surface area contributed by atoms with E-state index in [-0.39, 0.29) is 5.69 Å². The van der Waals surface area contributed by atoms with E-state index in [1.165, 1.54) is 11.1 Å². The van der Waals surface area contributed by atoms with Crippen LogP contribution in [0.2, 0.25) is 0 Å². The zero-order valence-electron chi connectivity index (χ0n) is 11.1. The second-order valence-electron chi connectivity index (χ2n) is 4.91. The number of aromatic amines is 1. The van der Waals surface area contributed by atoms with Gasteiger partial charge in [-0.25, -0.2) is 4.79 Å². The van der Waals surface area contributed by atoms with Gasteiger partial charge < -0.3 is 4.98 Å². The van der Waals surface area contributed by atoms with E-state index in [0.717, 1.165) is 16.6 Å². The van der Waals surface area contributed by atoms with Gasteiger partial charge in [0.25, 0.3) is 0 Å². The summed E-state index contributed by atoms with van der Waals surface area (Å²) < 4.78 is 1.80. The van der Waals surface area contributed by atoms with Crippen LogP contribution in [0.15, 0.2) is 47.3 Å². The molecule has 3 heteroatoms. The Labute approximate surface area is 111 Å². The van der Waals surface area contributed by atoms with E-state index in [0.29, 0.717) is 6.54 Å². The molecule has 0 bridgehead atoms. The fourth-order valence-electron chi connectivity index (χ4n) is 2.44. The van der Waals surface area contributed by atoms with Gasteiger partial charge in [-0.05, 0) is 36.6 Å². The van der Waals surface area contributed by atoms with E-state index in [1.54, 1.807) is 4.57 Å². The van der Waals surface area contributed by atoms with Crippen molar-refractivity contribution in [3.63, 3.8) is 0 Å². The lowest BCUT2D eigenvalue weighted by Gasteiger charge is -2.07. The normalized spacial score (nSPS) is 11.1. The lowest BCUT2D eigenvalue weighted by atomic mass is 10.1. The molecule has 1 aromatic heterocycles. The molecule has 0 radical (unpaired) electrons. The smallest absolute Gasteiger partial charge is 0.305 e. The van der Waals surface area contributed by atoms with Gasteiger partial charge in [-0.1, -0.05) is 36.4 Å². The number of para-hydroxylation sites is 1. The molecule has 0 spiro atoms. The minimum Gasteiger partial charge on any atom is -0.305 e. The van der Waals surface area contributed by atoms with Crippen molar-refractivity contribution in [1.29, 1.82) is 0 Å². The average Bonchev–Trinajstić information content (AvgIpc) is 2.71. The molecule has 0 saturated carbocycles. The number of nitrogens with zero attached hydrogens (tertiary/aromatic N) is 1. The molecule has 1 heterocycles. The summed E-state index contributed by atoms with van der Waals surface area (Å²) in [4.78, 5) is 15.1. The maximum absolute atomic E-state index is 12.1. The maximum Gasteiger partial charge on any atom is 0.326 e. The Morgan fingerprint density at radius 3 is 2.53 bits per heavy atom. The molecule has 3 rings (SSSR count). The van der Waals surface area contributed by atoms with Crippen LogP contribution in [0.4, 0.5) is 0 Å². The Morgan fingerprint density at radius 1 is 1.00 bits per heavy atom. The van der Waals surface area contributed by atoms with Gasteiger partial charge >= 0.3 is 5.69 Å². The summed E-state index contributed by atoms with van der Waals surface area (Å²) in [6, 6.07) is 14.1. The second kappa shape index (κ2) is 4.43. The number of fused-ring (bicyclic) bond motifs is 1. The lowest BCUT2D eigenvalue weighted by molar-refractivity contribution is 0.782. The molecular weight excluding hydrogens is 236 g/mol. The highest BCUT2D eigenvalue weighted by atomic mass is 16.1. The summed E-state index contributed by atoms with van der Waals surface area (Å²) in [6.07, 6.45) is 0. The third-order valence-electron chi connectivity index (χ3n) is 3.61. The molecule has 0 unspecified atom stereocenters. The van der Waals surface area contributed by atoms with Crippen LogP contribution < -0.4 is 5.69 Å². The first-order chi connectivity index (χ1) is 9.16. The molecule has 0 saturated heterocycles. The van der Waals surface area contributed by atoms with Crippen molar-refractivity contribution < 1.29 is 0 Å². The summed E-state index contributed by atoms with van der Waals surface area (Å²) in [6.45, 7) is 4.69. The molecule has 0 atom stereocenters. The standard InChI is InChI=1S/C16H16N2O/c1-11-6-3-4-8-13(11)10-18-14-9-5-7-12(2)15(14)17-16(18)19/h3-9H,10H2,1-2H3,(H,17,19). The van der Waals surface area contributed by atoms with E-state index in [2.05, 4.69) is 24.0 Å². The number of rotatable bonds is 2. The molecule has 0 amide bonds. The first kappa shape index (κ1) is 11.8. The summed E-state index contributed by atoms with van der Waals surface area (Å²) in [5.41, 5.74) is 5.32. The summed E-state index contributed by atoms with van der Waals surface area (Å²) in [5, 5.41) is 0. The zero-order valence-corrected chi connectivity index (χ0v) is 11.1. The molecule has 0 fully saturated rings. The highest BCUT2D eigenvalue weighted by Gasteiger charge is 2.09. The molecule has 1 N–H and O–H groups in total. The monoisotopic (exact) mass is 252 g/mol. The van der Waals surface area contributed by atoms with Crippen LogP contribution >= 0.6 is 0 Å². The van der Waals surface area contributed by atoms with E-state index in [4.69, 9.17) is 0 Å². The lowest BCUT2D eigenvalue weighted by Crippen LogP contribution is -2.17. The van der Waals surface area contributed by atoms with Crippen LogP contribution in [-0.2, 0) is 6.54 Å². The molecule has 0 aliphatic rings. The fraction of sp³-hybridized carbons (Fsp3) is 0.188. The summed E-state index contributed by atoms with van der Waals surface area (Å²) in [7, 11) is 0. The van der Waals surface area contributed by atoms with Gasteiger partial charge in [0.05, 0.1) is 17.6 Å². The maximum atomic E-state index is 12.1. The molecule has 3 nitrogen and oxygen atoms in total. The Hall–Kier alpha value is -2.29. The fourth-order valence-corrected chi connectivity index (χ4v) is 2.44. The predicted molar refractivity (Wildman–Crippen MR) is 77.6 cm³/mol. The van der Waals surface area contributed by atoms with Crippen molar-refractivity contribution in [2.45, 2.75) is 20.4 Å². The number of hydrogen-bond donors (Lipinski definition) is 1. The minimum absolute atomic E-state index is 0.0486. The first-order valence-electron chi connectivity index (χ1n) is 6.39. The summed E-state index contributed by atoms with van der Waals surface area (Å²) >= 11 is 0. The van der Waals surface area contributed by atoms with E-state index in [1.807, 2.05) is 37.3 Å². The van der Waals surface area contributed by atoms with Crippen LogP contribution in [0.25, 0.3) is 11.0 Å². The Balaban J connectivity index is 2.16. The van der Waals surface area contributed by atoms with Gasteiger partial charge in [0.2, 0.25) is 0 Å². The number of H-pyrrole nitrogens is 1. The van der Waals surface area contributed by atoms with Crippen LogP contribution in [0.5, 0.6) is 0 Å². The van der Waals surface area contributed by atoms with Gasteiger partial charge in [0, 0.05) is 0 Å². The molecular formula is C16H16N2O. The van der Waals surface area contributed by atoms with Crippen molar-refractivity contribution in [1.82, 2.24) is 9.55 Å².